The van der Waals surface area contributed by atoms with Crippen LogP contribution in [0.2, 0.25) is 0 Å². The standard InChI is InChI=1S/C19H25N3O3S/c1-5-22(6-2)26(24,25)18-13-17(8-7-15(18)3)19(23)21(4)14-16-9-11-20-12-10-16/h7-13H,5-6,14H2,1-4H3. The third-order valence-electron chi connectivity index (χ3n) is 4.27. The zero-order chi connectivity index (χ0) is 19.3. The Balaban J connectivity index is 2.32. The molecule has 0 fully saturated rings. The van der Waals surface area contributed by atoms with Crippen LogP contribution in [0.4, 0.5) is 0 Å². The fraction of sp³-hybridized carbons (Fsp3) is 0.368. The number of nitrogens with zero attached hydrogens (tertiary/aromatic N) is 3. The lowest BCUT2D eigenvalue weighted by atomic mass is 10.1. The fourth-order valence-electron chi connectivity index (χ4n) is 2.77. The minimum atomic E-state index is -3.62. The van der Waals surface area contributed by atoms with Crippen molar-refractivity contribution in [3.8, 4) is 0 Å². The molecule has 2 rings (SSSR count). The van der Waals surface area contributed by atoms with E-state index >= 15 is 0 Å². The monoisotopic (exact) mass is 375 g/mol. The summed E-state index contributed by atoms with van der Waals surface area (Å²) in [7, 11) is -1.92. The lowest BCUT2D eigenvalue weighted by Gasteiger charge is -2.21. The van der Waals surface area contributed by atoms with Crippen molar-refractivity contribution in [1.82, 2.24) is 14.2 Å². The summed E-state index contributed by atoms with van der Waals surface area (Å²) in [6.07, 6.45) is 3.35. The van der Waals surface area contributed by atoms with Crippen LogP contribution in [-0.2, 0) is 16.6 Å². The smallest absolute Gasteiger partial charge is 0.253 e. The molecule has 0 aliphatic carbocycles. The average Bonchev–Trinajstić information content (AvgIpc) is 2.63. The summed E-state index contributed by atoms with van der Waals surface area (Å²) in [4.78, 5) is 18.5. The number of rotatable bonds is 7. The van der Waals surface area contributed by atoms with E-state index in [1.165, 1.54) is 10.4 Å². The molecule has 0 N–H and O–H groups in total. The molecule has 6 nitrogen and oxygen atoms in total. The minimum Gasteiger partial charge on any atom is -0.337 e. The Hall–Kier alpha value is -2.25. The van der Waals surface area contributed by atoms with E-state index in [2.05, 4.69) is 4.98 Å². The second kappa shape index (κ2) is 8.42. The predicted octanol–water partition coefficient (Wildman–Crippen LogP) is 2.69. The second-order valence-corrected chi connectivity index (χ2v) is 7.99. The van der Waals surface area contributed by atoms with Crippen molar-refractivity contribution in [2.24, 2.45) is 0 Å². The Bertz CT molecular complexity index is 863. The number of aryl methyl sites for hydroxylation is 1. The van der Waals surface area contributed by atoms with Crippen molar-refractivity contribution in [2.45, 2.75) is 32.2 Å². The summed E-state index contributed by atoms with van der Waals surface area (Å²) in [6.45, 7) is 6.54. The summed E-state index contributed by atoms with van der Waals surface area (Å²) < 4.78 is 27.1. The second-order valence-electron chi connectivity index (χ2n) is 6.09. The molecule has 140 valence electrons. The molecule has 0 radical (unpaired) electrons. The van der Waals surface area contributed by atoms with E-state index in [4.69, 9.17) is 0 Å². The van der Waals surface area contributed by atoms with Gasteiger partial charge in [0.25, 0.3) is 5.91 Å². The highest BCUT2D eigenvalue weighted by molar-refractivity contribution is 7.89. The Labute approximate surface area is 155 Å². The summed E-state index contributed by atoms with van der Waals surface area (Å²) >= 11 is 0. The highest BCUT2D eigenvalue weighted by atomic mass is 32.2. The van der Waals surface area contributed by atoms with Crippen LogP contribution in [0, 0.1) is 6.92 Å². The summed E-state index contributed by atoms with van der Waals surface area (Å²) in [5.74, 6) is -0.224. The van der Waals surface area contributed by atoms with Gasteiger partial charge in [0.2, 0.25) is 10.0 Å². The lowest BCUT2D eigenvalue weighted by Crippen LogP contribution is -2.31. The Kier molecular flexibility index (Phi) is 6.50. The van der Waals surface area contributed by atoms with Gasteiger partial charge in [-0.25, -0.2) is 8.42 Å². The number of pyridine rings is 1. The van der Waals surface area contributed by atoms with E-state index in [0.717, 1.165) is 5.56 Å². The van der Waals surface area contributed by atoms with E-state index < -0.39 is 10.0 Å². The number of aromatic nitrogens is 1. The van der Waals surface area contributed by atoms with E-state index in [0.29, 0.717) is 30.8 Å². The molecule has 7 heteroatoms. The number of carbonyl (C=O) groups excluding carboxylic acids is 1. The molecule has 0 spiro atoms. The molecule has 0 saturated carbocycles. The van der Waals surface area contributed by atoms with Crippen LogP contribution >= 0.6 is 0 Å². The maximum atomic E-state index is 12.8. The highest BCUT2D eigenvalue weighted by Gasteiger charge is 2.25. The normalized spacial score (nSPS) is 11.6. The van der Waals surface area contributed by atoms with Gasteiger partial charge in [-0.3, -0.25) is 9.78 Å². The maximum Gasteiger partial charge on any atom is 0.253 e. The lowest BCUT2D eigenvalue weighted by molar-refractivity contribution is 0.0785. The first-order chi connectivity index (χ1) is 12.3. The molecule has 1 heterocycles. The summed E-state index contributed by atoms with van der Waals surface area (Å²) in [5.41, 5.74) is 1.95. The van der Waals surface area contributed by atoms with Crippen LogP contribution in [0.15, 0.2) is 47.6 Å². The van der Waals surface area contributed by atoms with E-state index in [-0.39, 0.29) is 10.8 Å². The summed E-state index contributed by atoms with van der Waals surface area (Å²) in [5, 5.41) is 0. The van der Waals surface area contributed by atoms with Gasteiger partial charge in [0.1, 0.15) is 0 Å². The van der Waals surface area contributed by atoms with E-state index in [1.54, 1.807) is 57.2 Å². The molecule has 2 aromatic rings. The quantitative estimate of drug-likeness (QED) is 0.746. The first-order valence-corrected chi connectivity index (χ1v) is 10.00. The molecule has 0 aliphatic heterocycles. The summed E-state index contributed by atoms with van der Waals surface area (Å²) in [6, 6.07) is 8.52. The molecule has 0 saturated heterocycles. The van der Waals surface area contributed by atoms with Gasteiger partial charge in [-0.2, -0.15) is 4.31 Å². The number of hydrogen-bond acceptors (Lipinski definition) is 4. The van der Waals surface area contributed by atoms with Crippen LogP contribution < -0.4 is 0 Å². The van der Waals surface area contributed by atoms with Crippen molar-refractivity contribution in [2.75, 3.05) is 20.1 Å². The number of hydrogen-bond donors (Lipinski definition) is 0. The Morgan fingerprint density at radius 1 is 1.08 bits per heavy atom. The van der Waals surface area contributed by atoms with E-state index in [9.17, 15) is 13.2 Å². The number of carbonyl (C=O) groups is 1. The van der Waals surface area contributed by atoms with Gasteiger partial charge in [0.15, 0.2) is 0 Å². The molecule has 26 heavy (non-hydrogen) atoms. The van der Waals surface area contributed by atoms with Gasteiger partial charge in [0, 0.05) is 44.6 Å². The van der Waals surface area contributed by atoms with Crippen molar-refractivity contribution in [1.29, 1.82) is 0 Å². The fourth-order valence-corrected chi connectivity index (χ4v) is 4.48. The van der Waals surface area contributed by atoms with Gasteiger partial charge in [-0.15, -0.1) is 0 Å². The SMILES string of the molecule is CCN(CC)S(=O)(=O)c1cc(C(=O)N(C)Cc2ccncc2)ccc1C. The largest absolute Gasteiger partial charge is 0.337 e. The van der Waals surface area contributed by atoms with Gasteiger partial charge in [0.05, 0.1) is 4.90 Å². The molecular formula is C19H25N3O3S. The first kappa shape index (κ1) is 20.1. The van der Waals surface area contributed by atoms with Crippen molar-refractivity contribution in [3.05, 3.63) is 59.4 Å². The van der Waals surface area contributed by atoms with Gasteiger partial charge >= 0.3 is 0 Å². The molecular weight excluding hydrogens is 350 g/mol. The van der Waals surface area contributed by atoms with Gasteiger partial charge in [-0.05, 0) is 42.3 Å². The van der Waals surface area contributed by atoms with Crippen molar-refractivity contribution >= 4 is 15.9 Å². The van der Waals surface area contributed by atoms with Crippen LogP contribution in [0.5, 0.6) is 0 Å². The minimum absolute atomic E-state index is 0.185. The Morgan fingerprint density at radius 2 is 1.69 bits per heavy atom. The van der Waals surface area contributed by atoms with Crippen LogP contribution in [0.3, 0.4) is 0 Å². The van der Waals surface area contributed by atoms with Crippen LogP contribution in [-0.4, -0.2) is 48.7 Å². The zero-order valence-corrected chi connectivity index (χ0v) is 16.5. The Morgan fingerprint density at radius 3 is 2.27 bits per heavy atom. The zero-order valence-electron chi connectivity index (χ0n) is 15.6. The molecule has 0 unspecified atom stereocenters. The molecule has 0 bridgehead atoms. The maximum absolute atomic E-state index is 12.8. The third-order valence-corrected chi connectivity index (χ3v) is 6.47. The highest BCUT2D eigenvalue weighted by Crippen LogP contribution is 2.22. The number of benzene rings is 1. The molecule has 1 aromatic carbocycles. The molecule has 0 atom stereocenters. The molecule has 1 amide bonds. The topological polar surface area (TPSA) is 70.6 Å². The first-order valence-electron chi connectivity index (χ1n) is 8.56. The predicted molar refractivity (Wildman–Crippen MR) is 101 cm³/mol. The van der Waals surface area contributed by atoms with E-state index in [1.807, 2.05) is 12.1 Å². The van der Waals surface area contributed by atoms with Crippen molar-refractivity contribution < 1.29 is 13.2 Å². The number of amides is 1. The van der Waals surface area contributed by atoms with Crippen LogP contribution in [0.25, 0.3) is 0 Å². The van der Waals surface area contributed by atoms with Gasteiger partial charge < -0.3 is 4.90 Å². The third kappa shape index (κ3) is 4.28. The average molecular weight is 375 g/mol. The number of sulfonamides is 1. The van der Waals surface area contributed by atoms with Gasteiger partial charge in [-0.1, -0.05) is 19.9 Å². The molecule has 0 aliphatic rings. The molecule has 1 aromatic heterocycles. The van der Waals surface area contributed by atoms with Crippen LogP contribution in [0.1, 0.15) is 35.3 Å². The van der Waals surface area contributed by atoms with Crippen molar-refractivity contribution in [3.63, 3.8) is 0 Å².